The van der Waals surface area contributed by atoms with Crippen LogP contribution in [-0.4, -0.2) is 34.9 Å². The zero-order valence-electron chi connectivity index (χ0n) is 12.7. The van der Waals surface area contributed by atoms with E-state index < -0.39 is 5.60 Å². The molecule has 1 heterocycles. The average molecular weight is 351 g/mol. The lowest BCUT2D eigenvalue weighted by atomic mass is 10.2. The summed E-state index contributed by atoms with van der Waals surface area (Å²) < 4.78 is 10.6. The van der Waals surface area contributed by atoms with Crippen molar-refractivity contribution in [1.29, 1.82) is 0 Å². The molecule has 1 aromatic heterocycles. The SMILES string of the molecule is COC(=O)C1(Oc2cc(SC)nc(-c3ccc(Cl)cc3)n2)CC1. The highest BCUT2D eigenvalue weighted by Crippen LogP contribution is 2.41. The maximum atomic E-state index is 11.8. The first-order valence-corrected chi connectivity index (χ1v) is 8.63. The topological polar surface area (TPSA) is 61.3 Å². The molecule has 1 saturated carbocycles. The zero-order valence-corrected chi connectivity index (χ0v) is 14.3. The Morgan fingerprint density at radius 3 is 2.52 bits per heavy atom. The summed E-state index contributed by atoms with van der Waals surface area (Å²) in [7, 11) is 1.36. The first-order valence-electron chi connectivity index (χ1n) is 7.03. The van der Waals surface area contributed by atoms with Gasteiger partial charge in [-0.3, -0.25) is 0 Å². The van der Waals surface area contributed by atoms with Crippen LogP contribution in [0.1, 0.15) is 12.8 Å². The van der Waals surface area contributed by atoms with Gasteiger partial charge >= 0.3 is 5.97 Å². The van der Waals surface area contributed by atoms with Crippen molar-refractivity contribution in [2.45, 2.75) is 23.5 Å². The van der Waals surface area contributed by atoms with Crippen molar-refractivity contribution in [2.75, 3.05) is 13.4 Å². The number of carbonyl (C=O) groups is 1. The molecule has 2 aromatic rings. The molecule has 1 aliphatic rings. The fourth-order valence-corrected chi connectivity index (χ4v) is 2.66. The van der Waals surface area contributed by atoms with Crippen LogP contribution < -0.4 is 4.74 Å². The van der Waals surface area contributed by atoms with Gasteiger partial charge in [0.2, 0.25) is 11.5 Å². The number of hydrogen-bond donors (Lipinski definition) is 0. The number of rotatable bonds is 5. The number of methoxy groups -OCH3 is 1. The second-order valence-corrected chi connectivity index (χ2v) is 6.43. The number of carbonyl (C=O) groups excluding carboxylic acids is 1. The van der Waals surface area contributed by atoms with Gasteiger partial charge in [-0.15, -0.1) is 11.8 Å². The Balaban J connectivity index is 1.93. The van der Waals surface area contributed by atoms with Crippen LogP contribution in [0.25, 0.3) is 11.4 Å². The average Bonchev–Trinajstić information content (AvgIpc) is 3.35. The summed E-state index contributed by atoms with van der Waals surface area (Å²) in [6.07, 6.45) is 3.19. The molecule has 1 fully saturated rings. The Morgan fingerprint density at radius 1 is 1.26 bits per heavy atom. The molecular weight excluding hydrogens is 336 g/mol. The molecule has 1 aliphatic carbocycles. The third kappa shape index (κ3) is 3.43. The van der Waals surface area contributed by atoms with Crippen LogP contribution in [0.5, 0.6) is 5.88 Å². The quantitative estimate of drug-likeness (QED) is 0.466. The Morgan fingerprint density at radius 2 is 1.96 bits per heavy atom. The van der Waals surface area contributed by atoms with Crippen LogP contribution in [0.4, 0.5) is 0 Å². The predicted octanol–water partition coefficient (Wildman–Crippen LogP) is 3.60. The molecular formula is C16H15ClN2O3S. The van der Waals surface area contributed by atoms with Crippen LogP contribution >= 0.6 is 23.4 Å². The van der Waals surface area contributed by atoms with Crippen molar-refractivity contribution in [3.05, 3.63) is 35.4 Å². The molecule has 0 unspecified atom stereocenters. The third-order valence-electron chi connectivity index (χ3n) is 3.55. The summed E-state index contributed by atoms with van der Waals surface area (Å²) in [5.74, 6) is 0.538. The van der Waals surface area contributed by atoms with Crippen molar-refractivity contribution in [2.24, 2.45) is 0 Å². The number of esters is 1. The number of benzene rings is 1. The van der Waals surface area contributed by atoms with Crippen molar-refractivity contribution in [1.82, 2.24) is 9.97 Å². The van der Waals surface area contributed by atoms with E-state index in [9.17, 15) is 4.79 Å². The van der Waals surface area contributed by atoms with Gasteiger partial charge in [-0.2, -0.15) is 4.98 Å². The number of hydrogen-bond acceptors (Lipinski definition) is 6. The van der Waals surface area contributed by atoms with Crippen LogP contribution in [0.2, 0.25) is 5.02 Å². The first kappa shape index (κ1) is 16.1. The Bertz CT molecular complexity index is 733. The molecule has 1 aromatic carbocycles. The maximum absolute atomic E-state index is 11.8. The van der Waals surface area contributed by atoms with Crippen LogP contribution in [0.15, 0.2) is 35.4 Å². The molecule has 23 heavy (non-hydrogen) atoms. The second kappa shape index (κ2) is 6.37. The fourth-order valence-electron chi connectivity index (χ4n) is 2.14. The van der Waals surface area contributed by atoms with E-state index in [2.05, 4.69) is 9.97 Å². The summed E-state index contributed by atoms with van der Waals surface area (Å²) >= 11 is 7.40. The van der Waals surface area contributed by atoms with Crippen LogP contribution in [-0.2, 0) is 9.53 Å². The highest BCUT2D eigenvalue weighted by Gasteiger charge is 2.54. The van der Waals surface area contributed by atoms with Gasteiger partial charge in [0.25, 0.3) is 0 Å². The normalized spacial score (nSPS) is 15.1. The van der Waals surface area contributed by atoms with Gasteiger partial charge in [0.1, 0.15) is 5.03 Å². The summed E-state index contributed by atoms with van der Waals surface area (Å²) in [6.45, 7) is 0. The number of ether oxygens (including phenoxy) is 2. The molecule has 3 rings (SSSR count). The molecule has 0 atom stereocenters. The molecule has 0 saturated heterocycles. The Hall–Kier alpha value is -1.79. The molecule has 120 valence electrons. The van der Waals surface area contributed by atoms with E-state index in [1.54, 1.807) is 18.2 Å². The van der Waals surface area contributed by atoms with Gasteiger partial charge in [-0.25, -0.2) is 9.78 Å². The van der Waals surface area contributed by atoms with Crippen LogP contribution in [0, 0.1) is 0 Å². The number of halogens is 1. The van der Waals surface area contributed by atoms with Gasteiger partial charge in [0.05, 0.1) is 7.11 Å². The number of aromatic nitrogens is 2. The Kier molecular flexibility index (Phi) is 4.46. The van der Waals surface area contributed by atoms with Gasteiger partial charge in [-0.05, 0) is 30.5 Å². The Labute approximate surface area is 143 Å². The van der Waals surface area contributed by atoms with E-state index >= 15 is 0 Å². The lowest BCUT2D eigenvalue weighted by Crippen LogP contribution is -2.31. The smallest absolute Gasteiger partial charge is 0.350 e. The predicted molar refractivity (Wildman–Crippen MR) is 88.9 cm³/mol. The van der Waals surface area contributed by atoms with E-state index in [1.807, 2.05) is 18.4 Å². The second-order valence-electron chi connectivity index (χ2n) is 5.17. The number of thioether (sulfide) groups is 1. The van der Waals surface area contributed by atoms with Crippen molar-refractivity contribution in [3.8, 4) is 17.3 Å². The zero-order chi connectivity index (χ0) is 16.4. The van der Waals surface area contributed by atoms with E-state index in [4.69, 9.17) is 21.1 Å². The fraction of sp³-hybridized carbons (Fsp3) is 0.312. The highest BCUT2D eigenvalue weighted by atomic mass is 35.5. The minimum absolute atomic E-state index is 0.366. The van der Waals surface area contributed by atoms with E-state index in [1.165, 1.54) is 18.9 Å². The van der Waals surface area contributed by atoms with Gasteiger partial charge in [0.15, 0.2) is 5.82 Å². The third-order valence-corrected chi connectivity index (χ3v) is 4.43. The van der Waals surface area contributed by atoms with E-state index in [-0.39, 0.29) is 5.97 Å². The summed E-state index contributed by atoms with van der Waals surface area (Å²) in [4.78, 5) is 20.7. The van der Waals surface area contributed by atoms with Gasteiger partial charge in [0, 0.05) is 29.5 Å². The molecule has 0 amide bonds. The summed E-state index contributed by atoms with van der Waals surface area (Å²) in [5.41, 5.74) is -0.0613. The maximum Gasteiger partial charge on any atom is 0.350 e. The summed E-state index contributed by atoms with van der Waals surface area (Å²) in [6, 6.07) is 8.98. The standard InChI is InChI=1S/C16H15ClN2O3S/c1-21-15(20)16(7-8-16)22-12-9-13(23-2)19-14(18-12)10-3-5-11(17)6-4-10/h3-6,9H,7-8H2,1-2H3. The lowest BCUT2D eigenvalue weighted by Gasteiger charge is -2.15. The van der Waals surface area contributed by atoms with Crippen molar-refractivity contribution in [3.63, 3.8) is 0 Å². The van der Waals surface area contributed by atoms with E-state index in [0.29, 0.717) is 29.6 Å². The molecule has 0 aliphatic heterocycles. The largest absolute Gasteiger partial charge is 0.466 e. The van der Waals surface area contributed by atoms with Crippen molar-refractivity contribution >= 4 is 29.3 Å². The minimum Gasteiger partial charge on any atom is -0.466 e. The monoisotopic (exact) mass is 350 g/mol. The van der Waals surface area contributed by atoms with Crippen LogP contribution in [0.3, 0.4) is 0 Å². The van der Waals surface area contributed by atoms with Gasteiger partial charge in [-0.1, -0.05) is 11.6 Å². The molecule has 0 spiro atoms. The molecule has 5 nitrogen and oxygen atoms in total. The van der Waals surface area contributed by atoms with Crippen molar-refractivity contribution < 1.29 is 14.3 Å². The highest BCUT2D eigenvalue weighted by molar-refractivity contribution is 7.98. The number of nitrogens with zero attached hydrogens (tertiary/aromatic N) is 2. The molecule has 7 heteroatoms. The van der Waals surface area contributed by atoms with E-state index in [0.717, 1.165) is 10.6 Å². The first-order chi connectivity index (χ1) is 11.1. The molecule has 0 bridgehead atoms. The lowest BCUT2D eigenvalue weighted by molar-refractivity contribution is -0.151. The van der Waals surface area contributed by atoms with Gasteiger partial charge < -0.3 is 9.47 Å². The minimum atomic E-state index is -0.893. The summed E-state index contributed by atoms with van der Waals surface area (Å²) in [5, 5.41) is 1.41. The molecule has 0 radical (unpaired) electrons. The molecule has 0 N–H and O–H groups in total.